The molecule has 0 aliphatic rings. The van der Waals surface area contributed by atoms with Crippen LogP contribution in [-0.2, 0) is 0 Å². The fourth-order valence-electron chi connectivity index (χ4n) is 1.86. The highest BCUT2D eigenvalue weighted by Gasteiger charge is 2.07. The summed E-state index contributed by atoms with van der Waals surface area (Å²) in [6.45, 7) is 0. The second-order valence-electron chi connectivity index (χ2n) is 3.60. The number of phenols is 1. The summed E-state index contributed by atoms with van der Waals surface area (Å²) in [7, 11) is 0. The zero-order valence-corrected chi connectivity index (χ0v) is 8.54. The number of pyridine rings is 1. The van der Waals surface area contributed by atoms with Crippen LogP contribution in [0.2, 0.25) is 0 Å². The number of rotatable bonds is 1. The van der Waals surface area contributed by atoms with Gasteiger partial charge in [0.1, 0.15) is 11.4 Å². The number of para-hydroxylation sites is 1. The minimum absolute atomic E-state index is 0.276. The quantitative estimate of drug-likeness (QED) is 0.670. The smallest absolute Gasteiger partial charge is 0.144 e. The van der Waals surface area contributed by atoms with Crippen molar-refractivity contribution in [3.05, 3.63) is 55.0 Å². The van der Waals surface area contributed by atoms with Crippen LogP contribution in [-0.4, -0.2) is 14.5 Å². The van der Waals surface area contributed by atoms with Crippen molar-refractivity contribution in [2.45, 2.75) is 0 Å². The van der Waals surface area contributed by atoms with E-state index < -0.39 is 0 Å². The second-order valence-corrected chi connectivity index (χ2v) is 3.60. The Morgan fingerprint density at radius 3 is 2.62 bits per heavy atom. The van der Waals surface area contributed by atoms with Crippen molar-refractivity contribution in [3.63, 3.8) is 0 Å². The van der Waals surface area contributed by atoms with Gasteiger partial charge in [-0.05, 0) is 18.2 Å². The molecule has 3 nitrogen and oxygen atoms in total. The van der Waals surface area contributed by atoms with Crippen molar-refractivity contribution in [2.75, 3.05) is 0 Å². The summed E-state index contributed by atoms with van der Waals surface area (Å²) < 4.78 is 1.93. The van der Waals surface area contributed by atoms with E-state index in [1.807, 2.05) is 47.1 Å². The summed E-state index contributed by atoms with van der Waals surface area (Å²) in [5, 5.41) is 9.82. The van der Waals surface area contributed by atoms with Gasteiger partial charge >= 0.3 is 0 Å². The minimum Gasteiger partial charge on any atom is -0.507 e. The summed E-state index contributed by atoms with van der Waals surface area (Å²) in [6, 6.07) is 11.2. The molecular formula is C13H10N2O. The van der Waals surface area contributed by atoms with Crippen molar-refractivity contribution < 1.29 is 5.11 Å². The van der Waals surface area contributed by atoms with Crippen LogP contribution in [0.15, 0.2) is 55.0 Å². The van der Waals surface area contributed by atoms with Crippen molar-refractivity contribution >= 4 is 5.65 Å². The third-order valence-electron chi connectivity index (χ3n) is 2.61. The first-order valence-electron chi connectivity index (χ1n) is 5.06. The Bertz CT molecular complexity index is 643. The largest absolute Gasteiger partial charge is 0.507 e. The summed E-state index contributed by atoms with van der Waals surface area (Å²) in [5.74, 6) is 0.276. The molecule has 0 amide bonds. The zero-order valence-electron chi connectivity index (χ0n) is 8.54. The summed E-state index contributed by atoms with van der Waals surface area (Å²) in [6.07, 6.45) is 5.57. The number of fused-ring (bicyclic) bond motifs is 1. The number of hydrogen-bond acceptors (Lipinski definition) is 2. The van der Waals surface area contributed by atoms with Crippen LogP contribution in [0.3, 0.4) is 0 Å². The third-order valence-corrected chi connectivity index (χ3v) is 2.61. The fourth-order valence-corrected chi connectivity index (χ4v) is 1.86. The first kappa shape index (κ1) is 8.97. The van der Waals surface area contributed by atoms with Crippen LogP contribution in [0.1, 0.15) is 0 Å². The van der Waals surface area contributed by atoms with Gasteiger partial charge in [-0.1, -0.05) is 18.2 Å². The number of nitrogens with zero attached hydrogens (tertiary/aromatic N) is 2. The van der Waals surface area contributed by atoms with E-state index in [0.717, 1.165) is 16.8 Å². The molecule has 0 radical (unpaired) electrons. The Kier molecular flexibility index (Phi) is 1.90. The Balaban J connectivity index is 2.34. The topological polar surface area (TPSA) is 37.5 Å². The molecule has 0 saturated carbocycles. The number of aromatic hydroxyl groups is 1. The van der Waals surface area contributed by atoms with Gasteiger partial charge in [-0.15, -0.1) is 0 Å². The van der Waals surface area contributed by atoms with Gasteiger partial charge in [-0.2, -0.15) is 0 Å². The molecule has 16 heavy (non-hydrogen) atoms. The standard InChI is InChI=1S/C13H10N2O/c16-12-6-2-1-4-10(12)11-5-3-8-15-9-7-14-13(11)15/h1-9,16H. The molecule has 2 aromatic heterocycles. The van der Waals surface area contributed by atoms with Gasteiger partial charge in [-0.3, -0.25) is 0 Å². The molecule has 1 N–H and O–H groups in total. The Labute approximate surface area is 92.6 Å². The van der Waals surface area contributed by atoms with Crippen molar-refractivity contribution in [2.24, 2.45) is 0 Å². The number of hydrogen-bond donors (Lipinski definition) is 1. The molecule has 78 valence electrons. The average molecular weight is 210 g/mol. The number of phenolic OH excluding ortho intramolecular Hbond substituents is 1. The predicted octanol–water partition coefficient (Wildman–Crippen LogP) is 2.71. The highest BCUT2D eigenvalue weighted by Crippen LogP contribution is 2.30. The first-order valence-corrected chi connectivity index (χ1v) is 5.06. The third kappa shape index (κ3) is 1.26. The molecule has 0 bridgehead atoms. The van der Waals surface area contributed by atoms with E-state index >= 15 is 0 Å². The van der Waals surface area contributed by atoms with Crippen LogP contribution in [0, 0.1) is 0 Å². The fraction of sp³-hybridized carbons (Fsp3) is 0. The summed E-state index contributed by atoms with van der Waals surface area (Å²) in [5.41, 5.74) is 2.59. The molecule has 3 heteroatoms. The van der Waals surface area contributed by atoms with E-state index in [1.165, 1.54) is 0 Å². The zero-order chi connectivity index (χ0) is 11.0. The normalized spacial score (nSPS) is 10.8. The van der Waals surface area contributed by atoms with E-state index in [0.29, 0.717) is 0 Å². The van der Waals surface area contributed by atoms with E-state index in [4.69, 9.17) is 0 Å². The van der Waals surface area contributed by atoms with Crippen molar-refractivity contribution in [1.29, 1.82) is 0 Å². The van der Waals surface area contributed by atoms with Gasteiger partial charge in [0, 0.05) is 29.7 Å². The van der Waals surface area contributed by atoms with Crippen molar-refractivity contribution in [3.8, 4) is 16.9 Å². The summed E-state index contributed by atoms with van der Waals surface area (Å²) >= 11 is 0. The van der Waals surface area contributed by atoms with Gasteiger partial charge in [-0.25, -0.2) is 4.98 Å². The average Bonchev–Trinajstić information content (AvgIpc) is 2.77. The molecule has 1 aromatic carbocycles. The van der Waals surface area contributed by atoms with Crippen LogP contribution in [0.5, 0.6) is 5.75 Å². The van der Waals surface area contributed by atoms with E-state index in [2.05, 4.69) is 4.98 Å². The number of benzene rings is 1. The van der Waals surface area contributed by atoms with E-state index in [-0.39, 0.29) is 5.75 Å². The lowest BCUT2D eigenvalue weighted by Gasteiger charge is -2.05. The van der Waals surface area contributed by atoms with Crippen LogP contribution < -0.4 is 0 Å². The van der Waals surface area contributed by atoms with Crippen LogP contribution >= 0.6 is 0 Å². The molecule has 0 saturated heterocycles. The molecule has 0 fully saturated rings. The molecule has 3 aromatic rings. The van der Waals surface area contributed by atoms with Gasteiger partial charge in [0.2, 0.25) is 0 Å². The maximum absolute atomic E-state index is 9.82. The van der Waals surface area contributed by atoms with E-state index in [1.54, 1.807) is 12.3 Å². The molecular weight excluding hydrogens is 200 g/mol. The summed E-state index contributed by atoms with van der Waals surface area (Å²) in [4.78, 5) is 4.29. The second kappa shape index (κ2) is 3.38. The lowest BCUT2D eigenvalue weighted by molar-refractivity contribution is 0.477. The number of imidazole rings is 1. The van der Waals surface area contributed by atoms with Gasteiger partial charge in [0.15, 0.2) is 0 Å². The molecule has 0 unspecified atom stereocenters. The number of aromatic nitrogens is 2. The van der Waals surface area contributed by atoms with Crippen LogP contribution in [0.4, 0.5) is 0 Å². The lowest BCUT2D eigenvalue weighted by Crippen LogP contribution is -1.87. The lowest BCUT2D eigenvalue weighted by atomic mass is 10.1. The minimum atomic E-state index is 0.276. The predicted molar refractivity (Wildman–Crippen MR) is 62.3 cm³/mol. The van der Waals surface area contributed by atoms with Crippen LogP contribution in [0.25, 0.3) is 16.8 Å². The molecule has 0 aliphatic carbocycles. The molecule has 0 spiro atoms. The SMILES string of the molecule is Oc1ccccc1-c1cccn2ccnc12. The molecule has 2 heterocycles. The maximum Gasteiger partial charge on any atom is 0.144 e. The van der Waals surface area contributed by atoms with Gasteiger partial charge in [0.25, 0.3) is 0 Å². The monoisotopic (exact) mass is 210 g/mol. The molecule has 0 atom stereocenters. The molecule has 3 rings (SSSR count). The maximum atomic E-state index is 9.82. The van der Waals surface area contributed by atoms with Gasteiger partial charge < -0.3 is 9.51 Å². The highest BCUT2D eigenvalue weighted by atomic mass is 16.3. The van der Waals surface area contributed by atoms with Gasteiger partial charge in [0.05, 0.1) is 0 Å². The highest BCUT2D eigenvalue weighted by molar-refractivity contribution is 5.81. The van der Waals surface area contributed by atoms with Crippen molar-refractivity contribution in [1.82, 2.24) is 9.38 Å². The first-order chi connectivity index (χ1) is 7.86. The Morgan fingerprint density at radius 1 is 0.938 bits per heavy atom. The van der Waals surface area contributed by atoms with E-state index in [9.17, 15) is 5.11 Å². The Morgan fingerprint density at radius 2 is 1.75 bits per heavy atom. The molecule has 0 aliphatic heterocycles. The Hall–Kier alpha value is -2.29.